The van der Waals surface area contributed by atoms with Gasteiger partial charge in [-0.15, -0.1) is 0 Å². The van der Waals surface area contributed by atoms with Crippen molar-refractivity contribution >= 4 is 10.9 Å². The van der Waals surface area contributed by atoms with Crippen LogP contribution < -0.4 is 5.32 Å². The molecule has 0 spiro atoms. The molecule has 1 aromatic carbocycles. The molecule has 1 aromatic heterocycles. The quantitative estimate of drug-likeness (QED) is 0.732. The largest absolute Gasteiger partial charge is 0.309 e. The van der Waals surface area contributed by atoms with Crippen LogP contribution in [0.5, 0.6) is 0 Å². The van der Waals surface area contributed by atoms with E-state index in [9.17, 15) is 0 Å². The number of nitrogens with one attached hydrogen (secondary N) is 1. The molecule has 1 radical (unpaired) electrons. The van der Waals surface area contributed by atoms with Crippen molar-refractivity contribution in [2.24, 2.45) is 0 Å². The number of hydrogen-bond acceptors (Lipinski definition) is 2. The fourth-order valence-electron chi connectivity index (χ4n) is 1.74. The molecule has 0 bridgehead atoms. The Balaban J connectivity index is 2.10. The van der Waals surface area contributed by atoms with Crippen molar-refractivity contribution in [2.75, 3.05) is 6.54 Å². The molecule has 0 saturated carbocycles. The molecule has 0 amide bonds. The third kappa shape index (κ3) is 1.19. The summed E-state index contributed by atoms with van der Waals surface area (Å²) in [4.78, 5) is 4.60. The maximum absolute atomic E-state index is 4.60. The van der Waals surface area contributed by atoms with Crippen LogP contribution in [0.4, 0.5) is 0 Å². The summed E-state index contributed by atoms with van der Waals surface area (Å²) in [6, 6.07) is 13.8. The Kier molecular flexibility index (Phi) is 1.74. The fourth-order valence-corrected chi connectivity index (χ4v) is 1.74. The second-order valence-electron chi connectivity index (χ2n) is 3.64. The summed E-state index contributed by atoms with van der Waals surface area (Å²) >= 11 is 0. The highest BCUT2D eigenvalue weighted by molar-refractivity contribution is 5.77. The zero-order chi connectivity index (χ0) is 9.38. The van der Waals surface area contributed by atoms with Gasteiger partial charge < -0.3 is 5.32 Å². The Morgan fingerprint density at radius 3 is 3.00 bits per heavy atom. The predicted molar refractivity (Wildman–Crippen MR) is 55.9 cm³/mol. The minimum Gasteiger partial charge on any atom is -0.309 e. The van der Waals surface area contributed by atoms with Crippen molar-refractivity contribution in [3.8, 4) is 0 Å². The molecule has 1 atom stereocenters. The number of para-hydroxylation sites is 1. The molecule has 0 aliphatic carbocycles. The lowest BCUT2D eigenvalue weighted by Crippen LogP contribution is -2.35. The molecule has 2 heterocycles. The van der Waals surface area contributed by atoms with Gasteiger partial charge in [-0.2, -0.15) is 0 Å². The number of pyridine rings is 1. The molecule has 1 saturated heterocycles. The van der Waals surface area contributed by atoms with Crippen LogP contribution in [0.3, 0.4) is 0 Å². The number of rotatable bonds is 1. The molecule has 14 heavy (non-hydrogen) atoms. The minimum atomic E-state index is 0.454. The van der Waals surface area contributed by atoms with Gasteiger partial charge in [0.1, 0.15) is 0 Å². The van der Waals surface area contributed by atoms with Gasteiger partial charge in [0.15, 0.2) is 0 Å². The third-order valence-corrected chi connectivity index (χ3v) is 2.71. The Bertz CT molecular complexity index is 461. The monoisotopic (exact) mass is 183 g/mol. The van der Waals surface area contributed by atoms with E-state index >= 15 is 0 Å². The standard InChI is InChI=1S/C12H11N2/c1-2-4-10-9(3-1)5-6-12(14-10)11-7-8-13-11/h1-4,6,11,13H,7-8H2. The van der Waals surface area contributed by atoms with E-state index < -0.39 is 0 Å². The lowest BCUT2D eigenvalue weighted by molar-refractivity contribution is 0.376. The number of nitrogens with zero attached hydrogens (tertiary/aromatic N) is 1. The molecule has 69 valence electrons. The first-order valence-electron chi connectivity index (χ1n) is 4.94. The van der Waals surface area contributed by atoms with E-state index in [1.54, 1.807) is 0 Å². The summed E-state index contributed by atoms with van der Waals surface area (Å²) < 4.78 is 0. The van der Waals surface area contributed by atoms with Gasteiger partial charge in [-0.25, -0.2) is 0 Å². The summed E-state index contributed by atoms with van der Waals surface area (Å²) in [5.74, 6) is 0. The van der Waals surface area contributed by atoms with Gasteiger partial charge in [0.25, 0.3) is 0 Å². The Labute approximate surface area is 83.0 Å². The maximum Gasteiger partial charge on any atom is 0.0712 e. The van der Waals surface area contributed by atoms with Crippen LogP contribution in [0.15, 0.2) is 30.3 Å². The summed E-state index contributed by atoms with van der Waals surface area (Å²) in [6.45, 7) is 1.11. The molecule has 1 aliphatic rings. The van der Waals surface area contributed by atoms with E-state index in [2.05, 4.69) is 16.4 Å². The lowest BCUT2D eigenvalue weighted by Gasteiger charge is -2.26. The average molecular weight is 183 g/mol. The summed E-state index contributed by atoms with van der Waals surface area (Å²) in [5.41, 5.74) is 2.16. The smallest absolute Gasteiger partial charge is 0.0712 e. The van der Waals surface area contributed by atoms with Crippen molar-refractivity contribution in [2.45, 2.75) is 12.5 Å². The molecule has 1 fully saturated rings. The summed E-state index contributed by atoms with van der Waals surface area (Å²) in [6.07, 6.45) is 1.19. The van der Waals surface area contributed by atoms with E-state index in [0.29, 0.717) is 6.04 Å². The van der Waals surface area contributed by atoms with Gasteiger partial charge in [-0.05, 0) is 31.2 Å². The van der Waals surface area contributed by atoms with Crippen LogP contribution in [0.25, 0.3) is 10.9 Å². The average Bonchev–Trinajstić information content (AvgIpc) is 2.15. The second-order valence-corrected chi connectivity index (χ2v) is 3.64. The molecular formula is C12H11N2. The first-order chi connectivity index (χ1) is 6.93. The van der Waals surface area contributed by atoms with E-state index in [1.807, 2.05) is 30.3 Å². The van der Waals surface area contributed by atoms with Gasteiger partial charge in [0.2, 0.25) is 0 Å². The van der Waals surface area contributed by atoms with Crippen molar-refractivity contribution in [1.29, 1.82) is 0 Å². The second kappa shape index (κ2) is 3.07. The van der Waals surface area contributed by atoms with Gasteiger partial charge in [0.05, 0.1) is 17.3 Å². The van der Waals surface area contributed by atoms with Gasteiger partial charge >= 0.3 is 0 Å². The first-order valence-corrected chi connectivity index (χ1v) is 4.94. The highest BCUT2D eigenvalue weighted by Crippen LogP contribution is 2.22. The normalized spacial score (nSPS) is 20.7. The zero-order valence-corrected chi connectivity index (χ0v) is 7.83. The van der Waals surface area contributed by atoms with Crippen LogP contribution >= 0.6 is 0 Å². The molecular weight excluding hydrogens is 172 g/mol. The van der Waals surface area contributed by atoms with Crippen LogP contribution in [0.2, 0.25) is 0 Å². The molecule has 1 N–H and O–H groups in total. The van der Waals surface area contributed by atoms with Gasteiger partial charge in [-0.3, -0.25) is 4.98 Å². The van der Waals surface area contributed by atoms with Gasteiger partial charge in [0, 0.05) is 5.39 Å². The van der Waals surface area contributed by atoms with E-state index in [-0.39, 0.29) is 0 Å². The molecule has 2 nitrogen and oxygen atoms in total. The van der Waals surface area contributed by atoms with Crippen LogP contribution in [0, 0.1) is 6.07 Å². The van der Waals surface area contributed by atoms with E-state index in [4.69, 9.17) is 0 Å². The Morgan fingerprint density at radius 1 is 1.36 bits per heavy atom. The number of fused-ring (bicyclic) bond motifs is 1. The summed E-state index contributed by atoms with van der Waals surface area (Å²) in [5, 5.41) is 4.44. The van der Waals surface area contributed by atoms with Crippen molar-refractivity contribution in [3.63, 3.8) is 0 Å². The van der Waals surface area contributed by atoms with Crippen molar-refractivity contribution < 1.29 is 0 Å². The van der Waals surface area contributed by atoms with Crippen LogP contribution in [-0.4, -0.2) is 11.5 Å². The lowest BCUT2D eigenvalue weighted by atomic mass is 10.0. The van der Waals surface area contributed by atoms with Crippen LogP contribution in [0.1, 0.15) is 18.2 Å². The summed E-state index contributed by atoms with van der Waals surface area (Å²) in [7, 11) is 0. The Hall–Kier alpha value is -1.41. The van der Waals surface area contributed by atoms with Crippen molar-refractivity contribution in [1.82, 2.24) is 10.3 Å². The number of aromatic nitrogens is 1. The zero-order valence-electron chi connectivity index (χ0n) is 7.83. The minimum absolute atomic E-state index is 0.454. The highest BCUT2D eigenvalue weighted by Gasteiger charge is 2.19. The maximum atomic E-state index is 4.60. The molecule has 3 rings (SSSR count). The van der Waals surface area contributed by atoms with Crippen LogP contribution in [-0.2, 0) is 0 Å². The van der Waals surface area contributed by atoms with E-state index in [0.717, 1.165) is 23.1 Å². The predicted octanol–water partition coefficient (Wildman–Crippen LogP) is 2.07. The SMILES string of the molecule is [c]1cc(C2CCN2)nc2ccccc12. The number of benzene rings is 1. The Morgan fingerprint density at radius 2 is 2.21 bits per heavy atom. The first kappa shape index (κ1) is 7.94. The third-order valence-electron chi connectivity index (χ3n) is 2.71. The van der Waals surface area contributed by atoms with E-state index in [1.165, 1.54) is 6.42 Å². The molecule has 1 aliphatic heterocycles. The molecule has 2 heteroatoms. The van der Waals surface area contributed by atoms with Crippen molar-refractivity contribution in [3.05, 3.63) is 42.1 Å². The molecule has 1 unspecified atom stereocenters. The topological polar surface area (TPSA) is 24.9 Å². The molecule has 2 aromatic rings. The number of hydrogen-bond donors (Lipinski definition) is 1. The highest BCUT2D eigenvalue weighted by atomic mass is 15.0. The fraction of sp³-hybridized carbons (Fsp3) is 0.250. The van der Waals surface area contributed by atoms with Gasteiger partial charge in [-0.1, -0.05) is 18.2 Å².